The summed E-state index contributed by atoms with van der Waals surface area (Å²) < 4.78 is 23.5. The number of hydrogen-bond acceptors (Lipinski definition) is 7. The lowest BCUT2D eigenvalue weighted by atomic mass is 9.96. The standard InChI is InChI=1S/C33H42N2O5Si/c1-18-13-22-15-25(34-27(28(22)31(38-9)21(18)4)17-40-41(11,12)33(5,6)7)29-23-14-19(2)20(3)30(37-8)24(23)16-26(35-29)32(36)39-10/h13-16H,17H2,1-12H3. The zero-order valence-electron chi connectivity index (χ0n) is 26.5. The van der Waals surface area contributed by atoms with Gasteiger partial charge in [-0.2, -0.15) is 0 Å². The first-order valence-corrected chi connectivity index (χ1v) is 16.7. The van der Waals surface area contributed by atoms with Gasteiger partial charge in [-0.05, 0) is 91.7 Å². The molecule has 0 bridgehead atoms. The van der Waals surface area contributed by atoms with Crippen molar-refractivity contribution < 1.29 is 23.4 Å². The molecule has 2 heterocycles. The molecule has 0 aliphatic carbocycles. The SMILES string of the molecule is COC(=O)c1cc2c(OC)c(C)c(C)cc2c(-c2cc3cc(C)c(C)c(OC)c3c(CO[Si](C)(C)C(C)(C)C)n2)n1. The molecule has 0 saturated carbocycles. The molecule has 0 fully saturated rings. The molecule has 0 saturated heterocycles. The maximum Gasteiger partial charge on any atom is 0.356 e. The van der Waals surface area contributed by atoms with Crippen molar-refractivity contribution in [1.82, 2.24) is 9.97 Å². The zero-order chi connectivity index (χ0) is 30.4. The summed E-state index contributed by atoms with van der Waals surface area (Å²) in [6.45, 7) is 19.7. The Labute approximate surface area is 244 Å². The highest BCUT2D eigenvalue weighted by molar-refractivity contribution is 6.74. The Hall–Kier alpha value is -3.49. The van der Waals surface area contributed by atoms with Crippen LogP contribution in [0.2, 0.25) is 18.1 Å². The van der Waals surface area contributed by atoms with Crippen LogP contribution in [-0.2, 0) is 15.8 Å². The lowest BCUT2D eigenvalue weighted by molar-refractivity contribution is 0.0594. The van der Waals surface area contributed by atoms with Gasteiger partial charge in [-0.3, -0.25) is 0 Å². The molecule has 218 valence electrons. The molecule has 0 spiro atoms. The summed E-state index contributed by atoms with van der Waals surface area (Å²) in [7, 11) is 2.59. The number of aromatic nitrogens is 2. The lowest BCUT2D eigenvalue weighted by Gasteiger charge is -2.36. The van der Waals surface area contributed by atoms with Crippen LogP contribution >= 0.6 is 0 Å². The fraction of sp³-hybridized carbons (Fsp3) is 0.424. The molecule has 2 aromatic carbocycles. The lowest BCUT2D eigenvalue weighted by Crippen LogP contribution is -2.40. The minimum absolute atomic E-state index is 0.0373. The van der Waals surface area contributed by atoms with Gasteiger partial charge in [-0.25, -0.2) is 14.8 Å². The van der Waals surface area contributed by atoms with Gasteiger partial charge in [0.2, 0.25) is 0 Å². The number of fused-ring (bicyclic) bond motifs is 2. The van der Waals surface area contributed by atoms with Gasteiger partial charge in [0.15, 0.2) is 8.32 Å². The Balaban J connectivity index is 2.10. The highest BCUT2D eigenvalue weighted by Gasteiger charge is 2.37. The summed E-state index contributed by atoms with van der Waals surface area (Å²) in [5.41, 5.74) is 6.41. The average Bonchev–Trinajstić information content (AvgIpc) is 2.91. The molecule has 0 aliphatic rings. The van der Waals surface area contributed by atoms with Crippen molar-refractivity contribution >= 4 is 35.8 Å². The minimum Gasteiger partial charge on any atom is -0.496 e. The monoisotopic (exact) mass is 574 g/mol. The van der Waals surface area contributed by atoms with Crippen molar-refractivity contribution in [2.75, 3.05) is 21.3 Å². The second-order valence-corrected chi connectivity index (χ2v) is 17.1. The minimum atomic E-state index is -2.10. The molecule has 2 aromatic heterocycles. The van der Waals surface area contributed by atoms with Crippen molar-refractivity contribution in [3.8, 4) is 22.9 Å². The van der Waals surface area contributed by atoms with Gasteiger partial charge >= 0.3 is 5.97 Å². The first-order valence-electron chi connectivity index (χ1n) is 13.8. The molecule has 0 radical (unpaired) electrons. The first kappa shape index (κ1) is 30.5. The fourth-order valence-electron chi connectivity index (χ4n) is 4.91. The zero-order valence-corrected chi connectivity index (χ0v) is 27.5. The number of hydrogen-bond donors (Lipinski definition) is 0. The molecule has 0 N–H and O–H groups in total. The molecule has 8 heteroatoms. The average molecular weight is 575 g/mol. The Kier molecular flexibility index (Phi) is 8.22. The van der Waals surface area contributed by atoms with Crippen LogP contribution in [0.1, 0.15) is 59.2 Å². The molecular formula is C33H42N2O5Si. The van der Waals surface area contributed by atoms with Crippen LogP contribution in [0.15, 0.2) is 24.3 Å². The van der Waals surface area contributed by atoms with Gasteiger partial charge in [0.05, 0.1) is 45.0 Å². The van der Waals surface area contributed by atoms with E-state index >= 15 is 0 Å². The molecule has 0 aliphatic heterocycles. The highest BCUT2D eigenvalue weighted by Crippen LogP contribution is 2.42. The third-order valence-corrected chi connectivity index (χ3v) is 13.2. The van der Waals surface area contributed by atoms with E-state index < -0.39 is 14.3 Å². The number of esters is 1. The second-order valence-electron chi connectivity index (χ2n) is 12.2. The van der Waals surface area contributed by atoms with Crippen molar-refractivity contribution in [2.24, 2.45) is 0 Å². The number of rotatable bonds is 7. The summed E-state index contributed by atoms with van der Waals surface area (Å²) in [6, 6.07) is 7.98. The number of ether oxygens (including phenoxy) is 3. The van der Waals surface area contributed by atoms with E-state index in [0.717, 1.165) is 55.2 Å². The van der Waals surface area contributed by atoms with Crippen LogP contribution in [0.25, 0.3) is 32.9 Å². The van der Waals surface area contributed by atoms with Crippen molar-refractivity contribution in [3.05, 3.63) is 57.9 Å². The largest absolute Gasteiger partial charge is 0.496 e. The van der Waals surface area contributed by atoms with E-state index in [4.69, 9.17) is 28.6 Å². The van der Waals surface area contributed by atoms with Crippen LogP contribution in [0.3, 0.4) is 0 Å². The normalized spacial score (nSPS) is 12.2. The van der Waals surface area contributed by atoms with Crippen LogP contribution in [0, 0.1) is 27.7 Å². The fourth-order valence-corrected chi connectivity index (χ4v) is 5.84. The van der Waals surface area contributed by atoms with E-state index in [2.05, 4.69) is 59.8 Å². The summed E-state index contributed by atoms with van der Waals surface area (Å²) in [6.07, 6.45) is 0. The summed E-state index contributed by atoms with van der Waals surface area (Å²) in [5, 5.41) is 3.56. The molecule has 0 amide bonds. The molecule has 4 aromatic rings. The highest BCUT2D eigenvalue weighted by atomic mass is 28.4. The van der Waals surface area contributed by atoms with Crippen molar-refractivity contribution in [1.29, 1.82) is 0 Å². The maximum absolute atomic E-state index is 12.8. The van der Waals surface area contributed by atoms with Gasteiger partial charge in [0.1, 0.15) is 17.2 Å². The number of nitrogens with zero attached hydrogens (tertiary/aromatic N) is 2. The van der Waals surface area contributed by atoms with Crippen molar-refractivity contribution in [2.45, 2.75) is 73.2 Å². The Morgan fingerprint density at radius 2 is 1.44 bits per heavy atom. The third kappa shape index (κ3) is 5.43. The second kappa shape index (κ2) is 11.1. The van der Waals surface area contributed by atoms with Gasteiger partial charge in [0.25, 0.3) is 0 Å². The topological polar surface area (TPSA) is 79.8 Å². The first-order chi connectivity index (χ1) is 19.1. The van der Waals surface area contributed by atoms with E-state index in [-0.39, 0.29) is 10.7 Å². The quantitative estimate of drug-likeness (QED) is 0.163. The predicted octanol–water partition coefficient (Wildman–Crippen LogP) is 8.01. The van der Waals surface area contributed by atoms with Gasteiger partial charge < -0.3 is 18.6 Å². The smallest absolute Gasteiger partial charge is 0.356 e. The number of carbonyl (C=O) groups is 1. The number of aryl methyl sites for hydroxylation is 2. The molecule has 4 rings (SSSR count). The van der Waals surface area contributed by atoms with E-state index in [1.165, 1.54) is 7.11 Å². The van der Waals surface area contributed by atoms with E-state index in [1.54, 1.807) is 20.3 Å². The molecule has 7 nitrogen and oxygen atoms in total. The summed E-state index contributed by atoms with van der Waals surface area (Å²) in [4.78, 5) is 22.8. The Morgan fingerprint density at radius 1 is 0.829 bits per heavy atom. The van der Waals surface area contributed by atoms with E-state index in [9.17, 15) is 4.79 Å². The van der Waals surface area contributed by atoms with E-state index in [1.807, 2.05) is 19.9 Å². The van der Waals surface area contributed by atoms with Crippen LogP contribution in [0.5, 0.6) is 11.5 Å². The molecule has 0 atom stereocenters. The van der Waals surface area contributed by atoms with Gasteiger partial charge in [0, 0.05) is 16.2 Å². The number of pyridine rings is 2. The van der Waals surface area contributed by atoms with Crippen molar-refractivity contribution in [3.63, 3.8) is 0 Å². The van der Waals surface area contributed by atoms with Gasteiger partial charge in [-0.1, -0.05) is 26.8 Å². The number of carbonyl (C=O) groups excluding carboxylic acids is 1. The Morgan fingerprint density at radius 3 is 2.02 bits per heavy atom. The van der Waals surface area contributed by atoms with E-state index in [0.29, 0.717) is 23.7 Å². The third-order valence-electron chi connectivity index (χ3n) is 8.67. The van der Waals surface area contributed by atoms with Crippen LogP contribution in [0.4, 0.5) is 0 Å². The summed E-state index contributed by atoms with van der Waals surface area (Å²) in [5.74, 6) is 0.968. The molecular weight excluding hydrogens is 532 g/mol. The maximum atomic E-state index is 12.8. The molecule has 41 heavy (non-hydrogen) atoms. The number of benzene rings is 2. The van der Waals surface area contributed by atoms with Crippen LogP contribution < -0.4 is 9.47 Å². The van der Waals surface area contributed by atoms with Crippen LogP contribution in [-0.4, -0.2) is 45.6 Å². The Bertz CT molecular complexity index is 1670. The van der Waals surface area contributed by atoms with Gasteiger partial charge in [-0.15, -0.1) is 0 Å². The predicted molar refractivity (Wildman–Crippen MR) is 168 cm³/mol. The molecule has 0 unspecified atom stereocenters. The summed E-state index contributed by atoms with van der Waals surface area (Å²) >= 11 is 0. The number of methoxy groups -OCH3 is 3.